The molecule has 1 nitrogen and oxygen atoms in total. The average molecular weight is 149 g/mol. The molecule has 0 saturated carbocycles. The first-order valence-corrected chi connectivity index (χ1v) is 5.07. The summed E-state index contributed by atoms with van der Waals surface area (Å²) in [5.41, 5.74) is 5.78. The summed E-state index contributed by atoms with van der Waals surface area (Å²) < 4.78 is 0. The molecule has 0 spiro atoms. The molecule has 1 fully saturated rings. The van der Waals surface area contributed by atoms with Gasteiger partial charge in [0.15, 0.2) is 0 Å². The molecule has 1 saturated heterocycles. The van der Waals surface area contributed by atoms with Gasteiger partial charge in [-0.15, -0.1) is 0 Å². The number of nitrogens with two attached hydrogens (primary N) is 1. The fourth-order valence-corrected chi connectivity index (χ4v) is 3.68. The second-order valence-electron chi connectivity index (χ2n) is 2.18. The Morgan fingerprint density at radius 1 is 1.12 bits per heavy atom. The summed E-state index contributed by atoms with van der Waals surface area (Å²) in [6.07, 6.45) is 0. The molecule has 0 aromatic heterocycles. The van der Waals surface area contributed by atoms with Crippen LogP contribution in [-0.2, 0) is 0 Å². The molecule has 8 heavy (non-hydrogen) atoms. The zero-order chi connectivity index (χ0) is 6.15. The first-order chi connectivity index (χ1) is 3.72. The van der Waals surface area contributed by atoms with Gasteiger partial charge >= 0.3 is 0 Å². The van der Waals surface area contributed by atoms with E-state index in [0.717, 1.165) is 0 Å². The summed E-state index contributed by atoms with van der Waals surface area (Å²) in [5, 5.41) is 1.30. The Morgan fingerprint density at radius 2 is 1.50 bits per heavy atom. The number of hydrogen-bond acceptors (Lipinski definition) is 3. The summed E-state index contributed by atoms with van der Waals surface area (Å²) in [6, 6.07) is 0.407. The summed E-state index contributed by atoms with van der Waals surface area (Å²) in [5.74, 6) is 0. The maximum absolute atomic E-state index is 5.78. The molecule has 2 atom stereocenters. The highest BCUT2D eigenvalue weighted by molar-refractivity contribution is 8.77. The molecule has 0 aromatic rings. The van der Waals surface area contributed by atoms with Crippen molar-refractivity contribution in [1.29, 1.82) is 0 Å². The summed E-state index contributed by atoms with van der Waals surface area (Å²) in [4.78, 5) is 0. The predicted molar refractivity (Wildman–Crippen MR) is 42.1 cm³/mol. The fourth-order valence-electron chi connectivity index (χ4n) is 0.685. The lowest BCUT2D eigenvalue weighted by molar-refractivity contribution is 0.669. The van der Waals surface area contributed by atoms with E-state index in [1.165, 1.54) is 0 Å². The Hall–Kier alpha value is 0.660. The molecule has 0 bridgehead atoms. The van der Waals surface area contributed by atoms with Gasteiger partial charge in [0.1, 0.15) is 0 Å². The first-order valence-electron chi connectivity index (χ1n) is 2.79. The zero-order valence-electron chi connectivity index (χ0n) is 5.13. The van der Waals surface area contributed by atoms with Gasteiger partial charge in [-0.2, -0.15) is 0 Å². The number of rotatable bonds is 0. The van der Waals surface area contributed by atoms with E-state index in [1.807, 2.05) is 21.6 Å². The molecule has 0 aliphatic carbocycles. The van der Waals surface area contributed by atoms with Gasteiger partial charge in [-0.05, 0) is 0 Å². The van der Waals surface area contributed by atoms with Crippen molar-refractivity contribution < 1.29 is 0 Å². The Labute approximate surface area is 58.2 Å². The van der Waals surface area contributed by atoms with Gasteiger partial charge in [0, 0.05) is 16.5 Å². The lowest BCUT2D eigenvalue weighted by Crippen LogP contribution is -2.33. The summed E-state index contributed by atoms with van der Waals surface area (Å²) in [7, 11) is 3.81. The molecular weight excluding hydrogens is 138 g/mol. The van der Waals surface area contributed by atoms with E-state index in [2.05, 4.69) is 13.8 Å². The highest BCUT2D eigenvalue weighted by Gasteiger charge is 2.28. The molecule has 1 aliphatic rings. The Balaban J connectivity index is 2.44. The van der Waals surface area contributed by atoms with E-state index in [1.54, 1.807) is 0 Å². The highest BCUT2D eigenvalue weighted by atomic mass is 33.1. The van der Waals surface area contributed by atoms with E-state index < -0.39 is 0 Å². The second kappa shape index (κ2) is 2.50. The Kier molecular flexibility index (Phi) is 2.12. The molecule has 1 rings (SSSR count). The second-order valence-corrected chi connectivity index (χ2v) is 5.21. The van der Waals surface area contributed by atoms with Gasteiger partial charge in [-0.1, -0.05) is 35.4 Å². The third-order valence-electron chi connectivity index (χ3n) is 1.44. The largest absolute Gasteiger partial charge is 0.326 e. The van der Waals surface area contributed by atoms with Gasteiger partial charge in [0.25, 0.3) is 0 Å². The van der Waals surface area contributed by atoms with E-state index >= 15 is 0 Å². The monoisotopic (exact) mass is 149 g/mol. The van der Waals surface area contributed by atoms with Crippen molar-refractivity contribution in [3.05, 3.63) is 0 Å². The van der Waals surface area contributed by atoms with Crippen molar-refractivity contribution >= 4 is 21.6 Å². The van der Waals surface area contributed by atoms with Gasteiger partial charge < -0.3 is 5.73 Å². The lowest BCUT2D eigenvalue weighted by Gasteiger charge is -2.09. The van der Waals surface area contributed by atoms with Crippen LogP contribution in [0, 0.1) is 0 Å². The van der Waals surface area contributed by atoms with Crippen LogP contribution < -0.4 is 5.73 Å². The SMILES string of the molecule is CC1SSC(C)C1N. The van der Waals surface area contributed by atoms with Gasteiger partial charge in [0.2, 0.25) is 0 Å². The van der Waals surface area contributed by atoms with Crippen LogP contribution >= 0.6 is 21.6 Å². The minimum atomic E-state index is 0.407. The van der Waals surface area contributed by atoms with Crippen LogP contribution in [0.1, 0.15) is 13.8 Å². The summed E-state index contributed by atoms with van der Waals surface area (Å²) >= 11 is 0. The Bertz CT molecular complexity index is 76.5. The molecule has 0 radical (unpaired) electrons. The first kappa shape index (κ1) is 6.78. The van der Waals surface area contributed by atoms with Crippen molar-refractivity contribution in [3.8, 4) is 0 Å². The van der Waals surface area contributed by atoms with Gasteiger partial charge in [-0.25, -0.2) is 0 Å². The topological polar surface area (TPSA) is 26.0 Å². The van der Waals surface area contributed by atoms with E-state index in [-0.39, 0.29) is 0 Å². The van der Waals surface area contributed by atoms with Crippen LogP contribution in [0.2, 0.25) is 0 Å². The van der Waals surface area contributed by atoms with Crippen LogP contribution in [-0.4, -0.2) is 16.5 Å². The third-order valence-corrected chi connectivity index (χ3v) is 4.94. The van der Waals surface area contributed by atoms with Crippen LogP contribution in [0.25, 0.3) is 0 Å². The molecule has 2 N–H and O–H groups in total. The normalized spacial score (nSPS) is 47.6. The molecule has 0 amide bonds. The van der Waals surface area contributed by atoms with Crippen LogP contribution in [0.4, 0.5) is 0 Å². The van der Waals surface area contributed by atoms with Gasteiger partial charge in [-0.3, -0.25) is 0 Å². The van der Waals surface area contributed by atoms with Crippen molar-refractivity contribution in [1.82, 2.24) is 0 Å². The van der Waals surface area contributed by atoms with E-state index in [9.17, 15) is 0 Å². The molecule has 48 valence electrons. The predicted octanol–water partition coefficient (Wildman–Crippen LogP) is 1.49. The van der Waals surface area contributed by atoms with Crippen LogP contribution in [0.5, 0.6) is 0 Å². The minimum Gasteiger partial charge on any atom is -0.326 e. The maximum atomic E-state index is 5.78. The van der Waals surface area contributed by atoms with E-state index in [0.29, 0.717) is 16.5 Å². The van der Waals surface area contributed by atoms with Crippen molar-refractivity contribution in [3.63, 3.8) is 0 Å². The smallest absolute Gasteiger partial charge is 0.0291 e. The fraction of sp³-hybridized carbons (Fsp3) is 1.00. The highest BCUT2D eigenvalue weighted by Crippen LogP contribution is 2.41. The van der Waals surface area contributed by atoms with Crippen molar-refractivity contribution in [2.45, 2.75) is 30.4 Å². The zero-order valence-corrected chi connectivity index (χ0v) is 6.76. The summed E-state index contributed by atoms with van der Waals surface area (Å²) in [6.45, 7) is 4.37. The average Bonchev–Trinajstić information content (AvgIpc) is 1.98. The number of hydrogen-bond donors (Lipinski definition) is 1. The molecule has 3 heteroatoms. The third kappa shape index (κ3) is 1.14. The maximum Gasteiger partial charge on any atom is 0.0291 e. The molecular formula is C5H11NS2. The van der Waals surface area contributed by atoms with Crippen LogP contribution in [0.15, 0.2) is 0 Å². The molecule has 1 heterocycles. The Morgan fingerprint density at radius 3 is 1.62 bits per heavy atom. The van der Waals surface area contributed by atoms with Crippen molar-refractivity contribution in [2.75, 3.05) is 0 Å². The molecule has 2 unspecified atom stereocenters. The van der Waals surface area contributed by atoms with Gasteiger partial charge in [0.05, 0.1) is 0 Å². The van der Waals surface area contributed by atoms with E-state index in [4.69, 9.17) is 5.73 Å². The lowest BCUT2D eigenvalue weighted by atomic mass is 10.2. The quantitative estimate of drug-likeness (QED) is 0.528. The van der Waals surface area contributed by atoms with Crippen molar-refractivity contribution in [2.24, 2.45) is 5.73 Å². The molecule has 0 aromatic carbocycles. The van der Waals surface area contributed by atoms with Crippen LogP contribution in [0.3, 0.4) is 0 Å². The minimum absolute atomic E-state index is 0.407. The molecule has 1 aliphatic heterocycles. The standard InChI is InChI=1S/C5H11NS2/c1-3-5(6)4(2)8-7-3/h3-5H,6H2,1-2H3.